The van der Waals surface area contributed by atoms with Gasteiger partial charge in [0.1, 0.15) is 5.82 Å². The Kier molecular flexibility index (Phi) is 2.75. The molecule has 0 amide bonds. The van der Waals surface area contributed by atoms with Crippen LogP contribution in [0.5, 0.6) is 0 Å². The maximum Gasteiger partial charge on any atom is 0.178 e. The summed E-state index contributed by atoms with van der Waals surface area (Å²) in [4.78, 5) is 3.13. The van der Waals surface area contributed by atoms with Crippen LogP contribution in [0.15, 0.2) is 12.1 Å². The maximum atomic E-state index is 13.7. The third kappa shape index (κ3) is 1.55. The fourth-order valence-electron chi connectivity index (χ4n) is 2.89. The summed E-state index contributed by atoms with van der Waals surface area (Å²) in [7, 11) is 0. The van der Waals surface area contributed by atoms with E-state index in [9.17, 15) is 4.39 Å². The highest BCUT2D eigenvalue weighted by atomic mass is 35.5. The normalized spacial score (nSPS) is 17.9. The van der Waals surface area contributed by atoms with Gasteiger partial charge >= 0.3 is 0 Å². The summed E-state index contributed by atoms with van der Waals surface area (Å²) in [5, 5.41) is 0.130. The average Bonchev–Trinajstić information content (AvgIpc) is 2.57. The van der Waals surface area contributed by atoms with E-state index in [1.165, 1.54) is 12.5 Å². The number of nitrogens with zero attached hydrogens (tertiary/aromatic N) is 1. The second kappa shape index (κ2) is 4.07. The lowest BCUT2D eigenvalue weighted by Gasteiger charge is -2.43. The number of rotatable bonds is 2. The first-order chi connectivity index (χ1) is 8.57. The van der Waals surface area contributed by atoms with Gasteiger partial charge < -0.3 is 9.55 Å². The molecular formula is C13H14ClFN2S. The number of fused-ring (bicyclic) bond motifs is 1. The number of aromatic amines is 1. The number of hydrogen-bond acceptors (Lipinski definition) is 1. The second-order valence-electron chi connectivity index (χ2n) is 4.98. The Labute approximate surface area is 115 Å². The first kappa shape index (κ1) is 12.2. The largest absolute Gasteiger partial charge is 0.331 e. The van der Waals surface area contributed by atoms with E-state index in [2.05, 4.69) is 16.5 Å². The van der Waals surface area contributed by atoms with Gasteiger partial charge in [-0.3, -0.25) is 0 Å². The number of hydrogen-bond donors (Lipinski definition) is 1. The monoisotopic (exact) mass is 284 g/mol. The van der Waals surface area contributed by atoms with Gasteiger partial charge in [0.15, 0.2) is 4.77 Å². The van der Waals surface area contributed by atoms with Gasteiger partial charge in [-0.05, 0) is 44.0 Å². The number of nitrogens with one attached hydrogen (secondary N) is 1. The van der Waals surface area contributed by atoms with Crippen LogP contribution < -0.4 is 0 Å². The van der Waals surface area contributed by atoms with Gasteiger partial charge in [-0.1, -0.05) is 18.5 Å². The average molecular weight is 285 g/mol. The summed E-state index contributed by atoms with van der Waals surface area (Å²) < 4.78 is 16.4. The van der Waals surface area contributed by atoms with E-state index in [0.717, 1.165) is 30.3 Å². The quantitative estimate of drug-likeness (QED) is 0.787. The Bertz CT molecular complexity index is 664. The molecule has 1 fully saturated rings. The highest BCUT2D eigenvalue weighted by Gasteiger charge is 2.38. The zero-order valence-corrected chi connectivity index (χ0v) is 11.7. The standard InChI is InChI=1S/C13H14ClFN2S/c1-2-13(4-3-5-13)17-11-7-9(15)8(14)6-10(11)16-12(17)18/h6-7H,2-5H2,1H3,(H,16,18). The lowest BCUT2D eigenvalue weighted by atomic mass is 9.74. The lowest BCUT2D eigenvalue weighted by molar-refractivity contribution is 0.140. The Hall–Kier alpha value is -0.870. The second-order valence-corrected chi connectivity index (χ2v) is 5.77. The number of halogens is 2. The molecule has 1 aromatic heterocycles. The van der Waals surface area contributed by atoms with Crippen molar-refractivity contribution in [2.24, 2.45) is 0 Å². The molecule has 3 rings (SSSR count). The van der Waals surface area contributed by atoms with Crippen molar-refractivity contribution in [2.75, 3.05) is 0 Å². The van der Waals surface area contributed by atoms with E-state index in [-0.39, 0.29) is 10.6 Å². The summed E-state index contributed by atoms with van der Waals surface area (Å²) in [6.07, 6.45) is 4.43. The van der Waals surface area contributed by atoms with Gasteiger partial charge in [0.2, 0.25) is 0 Å². The molecule has 1 aliphatic carbocycles. The molecule has 0 aliphatic heterocycles. The molecule has 1 aromatic carbocycles. The van der Waals surface area contributed by atoms with E-state index >= 15 is 0 Å². The van der Waals surface area contributed by atoms with Crippen LogP contribution in [0.4, 0.5) is 4.39 Å². The summed E-state index contributed by atoms with van der Waals surface area (Å²) in [5.74, 6) is -0.391. The van der Waals surface area contributed by atoms with Crippen molar-refractivity contribution >= 4 is 34.9 Å². The smallest absolute Gasteiger partial charge is 0.178 e. The fourth-order valence-corrected chi connectivity index (χ4v) is 3.46. The molecule has 0 atom stereocenters. The molecule has 0 bridgehead atoms. The predicted octanol–water partition coefficient (Wildman–Crippen LogP) is 4.78. The Morgan fingerprint density at radius 1 is 1.50 bits per heavy atom. The van der Waals surface area contributed by atoms with E-state index in [0.29, 0.717) is 4.77 Å². The minimum absolute atomic E-state index is 0.0651. The molecule has 96 valence electrons. The maximum absolute atomic E-state index is 13.7. The summed E-state index contributed by atoms with van der Waals surface area (Å²) >= 11 is 11.2. The highest BCUT2D eigenvalue weighted by molar-refractivity contribution is 7.71. The Morgan fingerprint density at radius 3 is 2.78 bits per heavy atom. The molecule has 1 aliphatic rings. The molecule has 0 saturated heterocycles. The van der Waals surface area contributed by atoms with Crippen molar-refractivity contribution in [3.63, 3.8) is 0 Å². The van der Waals surface area contributed by atoms with Crippen LogP contribution in [0, 0.1) is 10.6 Å². The van der Waals surface area contributed by atoms with E-state index in [4.69, 9.17) is 23.8 Å². The van der Waals surface area contributed by atoms with Crippen molar-refractivity contribution in [3.8, 4) is 0 Å². The van der Waals surface area contributed by atoms with E-state index in [1.54, 1.807) is 6.07 Å². The van der Waals surface area contributed by atoms with Gasteiger partial charge in [-0.25, -0.2) is 4.39 Å². The van der Waals surface area contributed by atoms with Crippen molar-refractivity contribution in [1.29, 1.82) is 0 Å². The van der Waals surface area contributed by atoms with E-state index in [1.807, 2.05) is 0 Å². The van der Waals surface area contributed by atoms with Crippen LogP contribution in [-0.2, 0) is 5.54 Å². The summed E-state index contributed by atoms with van der Waals surface area (Å²) in [6.45, 7) is 2.16. The summed E-state index contributed by atoms with van der Waals surface area (Å²) in [5.41, 5.74) is 1.70. The van der Waals surface area contributed by atoms with Crippen molar-refractivity contribution in [1.82, 2.24) is 9.55 Å². The molecule has 0 spiro atoms. The first-order valence-corrected chi connectivity index (χ1v) is 6.96. The number of imidazole rings is 1. The van der Waals surface area contributed by atoms with Gasteiger partial charge in [0, 0.05) is 11.6 Å². The third-order valence-electron chi connectivity index (χ3n) is 4.14. The molecule has 5 heteroatoms. The third-order valence-corrected chi connectivity index (χ3v) is 4.72. The number of benzene rings is 1. The Morgan fingerprint density at radius 2 is 2.22 bits per heavy atom. The lowest BCUT2D eigenvalue weighted by Crippen LogP contribution is -2.39. The molecule has 2 nitrogen and oxygen atoms in total. The van der Waals surface area contributed by atoms with Gasteiger partial charge in [0.05, 0.1) is 16.1 Å². The fraction of sp³-hybridized carbons (Fsp3) is 0.462. The van der Waals surface area contributed by atoms with Crippen LogP contribution in [0.2, 0.25) is 5.02 Å². The van der Waals surface area contributed by atoms with Crippen molar-refractivity contribution < 1.29 is 4.39 Å². The molecule has 0 radical (unpaired) electrons. The van der Waals surface area contributed by atoms with Crippen molar-refractivity contribution in [3.05, 3.63) is 27.7 Å². The van der Waals surface area contributed by atoms with Crippen LogP contribution in [0.1, 0.15) is 32.6 Å². The van der Waals surface area contributed by atoms with Gasteiger partial charge in [0.25, 0.3) is 0 Å². The highest BCUT2D eigenvalue weighted by Crippen LogP contribution is 2.44. The van der Waals surface area contributed by atoms with E-state index < -0.39 is 5.82 Å². The minimum atomic E-state index is -0.391. The van der Waals surface area contributed by atoms with Crippen LogP contribution in [0.25, 0.3) is 11.0 Å². The molecule has 1 N–H and O–H groups in total. The Balaban J connectivity index is 2.32. The van der Waals surface area contributed by atoms with Crippen LogP contribution in [-0.4, -0.2) is 9.55 Å². The minimum Gasteiger partial charge on any atom is -0.331 e. The summed E-state index contributed by atoms with van der Waals surface area (Å²) in [6, 6.07) is 3.10. The number of H-pyrrole nitrogens is 1. The molecule has 1 heterocycles. The van der Waals surface area contributed by atoms with Crippen LogP contribution >= 0.6 is 23.8 Å². The van der Waals surface area contributed by atoms with Crippen molar-refractivity contribution in [2.45, 2.75) is 38.1 Å². The van der Waals surface area contributed by atoms with Gasteiger partial charge in [-0.2, -0.15) is 0 Å². The first-order valence-electron chi connectivity index (χ1n) is 6.18. The molecule has 2 aromatic rings. The predicted molar refractivity (Wildman–Crippen MR) is 74.2 cm³/mol. The SMILES string of the molecule is CCC1(n2c(=S)[nH]c3cc(Cl)c(F)cc32)CCC1. The zero-order valence-electron chi connectivity index (χ0n) is 10.1. The molecular weight excluding hydrogens is 271 g/mol. The molecule has 1 saturated carbocycles. The molecule has 0 unspecified atom stereocenters. The molecule has 18 heavy (non-hydrogen) atoms. The van der Waals surface area contributed by atoms with Crippen LogP contribution in [0.3, 0.4) is 0 Å². The topological polar surface area (TPSA) is 20.7 Å². The zero-order chi connectivity index (χ0) is 12.9. The van der Waals surface area contributed by atoms with Gasteiger partial charge in [-0.15, -0.1) is 0 Å². The number of aromatic nitrogens is 2.